The lowest BCUT2D eigenvalue weighted by Crippen LogP contribution is -2.27. The molecular weight excluding hydrogens is 386 g/mol. The zero-order valence-electron chi connectivity index (χ0n) is 15.3. The Labute approximate surface area is 162 Å². The van der Waals surface area contributed by atoms with E-state index in [0.29, 0.717) is 19.6 Å². The molecule has 0 saturated carbocycles. The van der Waals surface area contributed by atoms with Gasteiger partial charge >= 0.3 is 0 Å². The van der Waals surface area contributed by atoms with Gasteiger partial charge in [0.2, 0.25) is 10.0 Å². The number of rotatable bonds is 10. The van der Waals surface area contributed by atoms with Gasteiger partial charge in [-0.1, -0.05) is 24.3 Å². The van der Waals surface area contributed by atoms with Gasteiger partial charge in [0.15, 0.2) is 0 Å². The number of hydrogen-bond acceptors (Lipinski definition) is 6. The Balaban J connectivity index is 2.12. The Hall–Kier alpha value is -2.98. The number of ether oxygens (including phenoxy) is 1. The summed E-state index contributed by atoms with van der Waals surface area (Å²) in [7, 11) is -2.33. The number of nitro groups is 1. The molecule has 0 aromatic heterocycles. The van der Waals surface area contributed by atoms with Crippen LogP contribution in [0.25, 0.3) is 0 Å². The van der Waals surface area contributed by atoms with Crippen LogP contribution in [0.2, 0.25) is 0 Å². The average Bonchev–Trinajstić information content (AvgIpc) is 2.65. The topological polar surface area (TPSA) is 128 Å². The number of nitro benzene ring substituents is 1. The molecule has 2 aromatic carbocycles. The lowest BCUT2D eigenvalue weighted by Gasteiger charge is -2.13. The minimum absolute atomic E-state index is 0.136. The van der Waals surface area contributed by atoms with E-state index < -0.39 is 26.6 Å². The van der Waals surface area contributed by atoms with Crippen LogP contribution in [0, 0.1) is 10.1 Å². The molecule has 0 aliphatic rings. The monoisotopic (exact) mass is 407 g/mol. The lowest BCUT2D eigenvalue weighted by atomic mass is 10.1. The second-order valence-electron chi connectivity index (χ2n) is 5.94. The van der Waals surface area contributed by atoms with Crippen molar-refractivity contribution >= 4 is 27.3 Å². The number of carbonyl (C=O) groups is 1. The maximum Gasteiger partial charge on any atom is 0.269 e. The van der Waals surface area contributed by atoms with Crippen molar-refractivity contribution in [3.8, 4) is 0 Å². The zero-order valence-corrected chi connectivity index (χ0v) is 16.1. The van der Waals surface area contributed by atoms with Crippen LogP contribution >= 0.6 is 0 Å². The van der Waals surface area contributed by atoms with Gasteiger partial charge in [-0.25, -0.2) is 8.42 Å². The van der Waals surface area contributed by atoms with Crippen LogP contribution in [-0.4, -0.2) is 39.5 Å². The summed E-state index contributed by atoms with van der Waals surface area (Å²) in [6.45, 7) is 0.888. The third-order valence-electron chi connectivity index (χ3n) is 3.73. The summed E-state index contributed by atoms with van der Waals surface area (Å²) in [6, 6.07) is 11.6. The first-order valence-corrected chi connectivity index (χ1v) is 10.1. The summed E-state index contributed by atoms with van der Waals surface area (Å²) >= 11 is 0. The van der Waals surface area contributed by atoms with Crippen LogP contribution < -0.4 is 10.0 Å². The van der Waals surface area contributed by atoms with Gasteiger partial charge in [0, 0.05) is 32.4 Å². The summed E-state index contributed by atoms with van der Waals surface area (Å²) in [4.78, 5) is 22.6. The number of amides is 1. The number of non-ortho nitro benzene ring substituents is 1. The third kappa shape index (κ3) is 6.32. The Kier molecular flexibility index (Phi) is 7.47. The molecule has 0 aliphatic carbocycles. The summed E-state index contributed by atoms with van der Waals surface area (Å²) in [5, 5.41) is 13.5. The first-order valence-electron chi connectivity index (χ1n) is 8.42. The molecule has 0 saturated heterocycles. The number of carbonyl (C=O) groups excluding carboxylic acids is 1. The average molecular weight is 407 g/mol. The van der Waals surface area contributed by atoms with Crippen LogP contribution in [0.1, 0.15) is 22.3 Å². The van der Waals surface area contributed by atoms with Gasteiger partial charge in [0.25, 0.3) is 11.6 Å². The highest BCUT2D eigenvalue weighted by Crippen LogP contribution is 2.20. The van der Waals surface area contributed by atoms with Crippen LogP contribution in [0.4, 0.5) is 11.4 Å². The van der Waals surface area contributed by atoms with Crippen molar-refractivity contribution in [2.24, 2.45) is 0 Å². The molecule has 0 atom stereocenters. The van der Waals surface area contributed by atoms with Crippen LogP contribution in [0.5, 0.6) is 0 Å². The van der Waals surface area contributed by atoms with Gasteiger partial charge in [0.1, 0.15) is 0 Å². The van der Waals surface area contributed by atoms with Gasteiger partial charge in [0.05, 0.1) is 21.9 Å². The highest BCUT2D eigenvalue weighted by molar-refractivity contribution is 7.91. The molecule has 1 amide bonds. The van der Waals surface area contributed by atoms with Crippen molar-refractivity contribution in [3.05, 3.63) is 69.8 Å². The fourth-order valence-electron chi connectivity index (χ4n) is 2.47. The standard InChI is InChI=1S/C18H21N3O6S/c1-27-11-5-10-19-18(22)16-8-2-3-9-17(16)20-28(25,26)13-14-6-4-7-15(12-14)21(23)24/h2-4,6-9,12,20H,5,10-11,13H2,1H3,(H,19,22). The Morgan fingerprint density at radius 2 is 1.93 bits per heavy atom. The molecule has 150 valence electrons. The molecule has 9 nitrogen and oxygen atoms in total. The van der Waals surface area contributed by atoms with Crippen molar-refractivity contribution in [1.29, 1.82) is 0 Å². The van der Waals surface area contributed by atoms with Crippen molar-refractivity contribution in [1.82, 2.24) is 5.32 Å². The predicted molar refractivity (Wildman–Crippen MR) is 105 cm³/mol. The van der Waals surface area contributed by atoms with Crippen molar-refractivity contribution < 1.29 is 22.9 Å². The molecule has 28 heavy (non-hydrogen) atoms. The van der Waals surface area contributed by atoms with Gasteiger partial charge in [-0.15, -0.1) is 0 Å². The Bertz CT molecular complexity index is 946. The number of hydrogen-bond donors (Lipinski definition) is 2. The van der Waals surface area contributed by atoms with E-state index in [1.54, 1.807) is 19.2 Å². The van der Waals surface area contributed by atoms with E-state index in [1.165, 1.54) is 36.4 Å². The normalized spacial score (nSPS) is 11.0. The summed E-state index contributed by atoms with van der Waals surface area (Å²) < 4.78 is 32.3. The number of methoxy groups -OCH3 is 1. The van der Waals surface area contributed by atoms with Crippen LogP contribution in [0.3, 0.4) is 0 Å². The number of benzene rings is 2. The summed E-state index contributed by atoms with van der Waals surface area (Å²) in [6.07, 6.45) is 0.628. The zero-order chi connectivity index (χ0) is 20.6. The minimum atomic E-state index is -3.89. The predicted octanol–water partition coefficient (Wildman–Crippen LogP) is 2.30. The SMILES string of the molecule is COCCCNC(=O)c1ccccc1NS(=O)(=O)Cc1cccc([N+](=O)[O-])c1. The molecule has 0 heterocycles. The van der Waals surface area contributed by atoms with E-state index in [2.05, 4.69) is 10.0 Å². The first-order chi connectivity index (χ1) is 13.3. The largest absolute Gasteiger partial charge is 0.385 e. The fraction of sp³-hybridized carbons (Fsp3) is 0.278. The number of nitrogens with one attached hydrogen (secondary N) is 2. The van der Waals surface area contributed by atoms with Crippen LogP contribution in [0.15, 0.2) is 48.5 Å². The molecule has 2 aromatic rings. The molecule has 2 rings (SSSR count). The van der Waals surface area contributed by atoms with Gasteiger partial charge in [-0.2, -0.15) is 0 Å². The van der Waals surface area contributed by atoms with Gasteiger partial charge < -0.3 is 10.1 Å². The van der Waals surface area contributed by atoms with E-state index in [-0.39, 0.29) is 22.5 Å². The molecule has 0 unspecified atom stereocenters. The molecular formula is C18H21N3O6S. The number of nitrogens with zero attached hydrogens (tertiary/aromatic N) is 1. The second-order valence-corrected chi connectivity index (χ2v) is 7.66. The Morgan fingerprint density at radius 3 is 2.64 bits per heavy atom. The van der Waals surface area contributed by atoms with Crippen molar-refractivity contribution in [2.75, 3.05) is 25.0 Å². The van der Waals surface area contributed by atoms with E-state index in [4.69, 9.17) is 4.74 Å². The highest BCUT2D eigenvalue weighted by Gasteiger charge is 2.18. The van der Waals surface area contributed by atoms with Crippen LogP contribution in [-0.2, 0) is 20.5 Å². The lowest BCUT2D eigenvalue weighted by molar-refractivity contribution is -0.384. The maximum atomic E-state index is 12.5. The molecule has 0 bridgehead atoms. The summed E-state index contributed by atoms with van der Waals surface area (Å²) in [5.74, 6) is -0.872. The minimum Gasteiger partial charge on any atom is -0.385 e. The van der Waals surface area contributed by atoms with Gasteiger partial charge in [-0.3, -0.25) is 19.6 Å². The number of sulfonamides is 1. The summed E-state index contributed by atoms with van der Waals surface area (Å²) in [5.41, 5.74) is 0.395. The third-order valence-corrected chi connectivity index (χ3v) is 4.97. The Morgan fingerprint density at radius 1 is 1.18 bits per heavy atom. The molecule has 0 radical (unpaired) electrons. The second kappa shape index (κ2) is 9.81. The number of para-hydroxylation sites is 1. The van der Waals surface area contributed by atoms with E-state index >= 15 is 0 Å². The van der Waals surface area contributed by atoms with Gasteiger partial charge in [-0.05, 0) is 24.1 Å². The molecule has 10 heteroatoms. The maximum absolute atomic E-state index is 12.5. The molecule has 0 spiro atoms. The molecule has 0 fully saturated rings. The fourth-order valence-corrected chi connectivity index (χ4v) is 3.67. The quantitative estimate of drug-likeness (QED) is 0.353. The molecule has 0 aliphatic heterocycles. The van der Waals surface area contributed by atoms with E-state index in [9.17, 15) is 23.3 Å². The molecule has 2 N–H and O–H groups in total. The van der Waals surface area contributed by atoms with E-state index in [0.717, 1.165) is 0 Å². The van der Waals surface area contributed by atoms with Crippen molar-refractivity contribution in [3.63, 3.8) is 0 Å². The highest BCUT2D eigenvalue weighted by atomic mass is 32.2. The number of anilines is 1. The van der Waals surface area contributed by atoms with Crippen molar-refractivity contribution in [2.45, 2.75) is 12.2 Å². The van der Waals surface area contributed by atoms with E-state index in [1.807, 2.05) is 0 Å². The smallest absolute Gasteiger partial charge is 0.269 e. The first kappa shape index (κ1) is 21.3.